The lowest BCUT2D eigenvalue weighted by Gasteiger charge is -2.39. The van der Waals surface area contributed by atoms with E-state index in [9.17, 15) is 27.2 Å². The van der Waals surface area contributed by atoms with Crippen LogP contribution in [0.4, 0.5) is 17.6 Å². The summed E-state index contributed by atoms with van der Waals surface area (Å²) < 4.78 is 88.2. The zero-order chi connectivity index (χ0) is 28.6. The Hall–Kier alpha value is -2.20. The number of nitrogens with zero attached hydrogens (tertiary/aromatic N) is 1. The molecule has 0 aromatic heterocycles. The molecule has 0 saturated carbocycles. The second kappa shape index (κ2) is 11.2. The first-order valence-corrected chi connectivity index (χ1v) is 13.2. The van der Waals surface area contributed by atoms with Crippen molar-refractivity contribution in [2.75, 3.05) is 52.7 Å². The third-order valence-corrected chi connectivity index (χ3v) is 7.69. The Morgan fingerprint density at radius 2 is 1.18 bits per heavy atom. The second-order valence-electron chi connectivity index (χ2n) is 10.3. The Morgan fingerprint density at radius 3 is 1.60 bits per heavy atom. The summed E-state index contributed by atoms with van der Waals surface area (Å²) in [6.07, 6.45) is -1.88. The Balaban J connectivity index is 0.000000184. The molecule has 10 nitrogen and oxygen atoms in total. The number of imide groups is 1. The monoisotopic (exact) mass is 576 g/mol. The van der Waals surface area contributed by atoms with Crippen LogP contribution >= 0.6 is 0 Å². The van der Waals surface area contributed by atoms with Gasteiger partial charge >= 0.3 is 0 Å². The molecule has 5 aliphatic heterocycles. The lowest BCUT2D eigenvalue weighted by atomic mass is 9.97. The first-order chi connectivity index (χ1) is 19.0. The largest absolute Gasteiger partial charge is 0.371 e. The average Bonchev–Trinajstić information content (AvgIpc) is 3.66. The molecule has 2 N–H and O–H groups in total. The van der Waals surface area contributed by atoms with Crippen molar-refractivity contribution in [3.05, 3.63) is 35.4 Å². The molecule has 5 aliphatic rings. The molecule has 5 heterocycles. The first-order valence-electron chi connectivity index (χ1n) is 13.2. The van der Waals surface area contributed by atoms with E-state index in [4.69, 9.17) is 34.2 Å². The van der Waals surface area contributed by atoms with E-state index in [1.165, 1.54) is 12.1 Å². The van der Waals surface area contributed by atoms with Crippen LogP contribution in [-0.2, 0) is 28.4 Å². The average molecular weight is 577 g/mol. The predicted molar refractivity (Wildman–Crippen MR) is 128 cm³/mol. The third kappa shape index (κ3) is 5.75. The number of amides is 2. The van der Waals surface area contributed by atoms with Gasteiger partial charge in [-0.25, -0.2) is 17.6 Å². The Bertz CT molecular complexity index is 1060. The molecule has 222 valence electrons. The highest BCUT2D eigenvalue weighted by Crippen LogP contribution is 2.40. The number of halogens is 4. The SMILES string of the molecule is NCC(F)(F)C1CC2(CCO1)OCCO2.O=C1c2ccccc2C(=O)N1CC(F)(F)C1CC2(CCO1)OCCO2. The fraction of sp³-hybridized carbons (Fsp3) is 0.692. The highest BCUT2D eigenvalue weighted by atomic mass is 19.3. The van der Waals surface area contributed by atoms with Gasteiger partial charge in [-0.05, 0) is 12.1 Å². The minimum absolute atomic E-state index is 0.0528. The summed E-state index contributed by atoms with van der Waals surface area (Å²) in [4.78, 5) is 25.2. The van der Waals surface area contributed by atoms with Gasteiger partial charge in [0.2, 0.25) is 0 Å². The molecular formula is C26H32F4N2O8. The number of rotatable bonds is 5. The molecule has 2 unspecified atom stereocenters. The number of benzene rings is 1. The molecule has 2 amide bonds. The van der Waals surface area contributed by atoms with Gasteiger partial charge in [0.1, 0.15) is 12.2 Å². The molecule has 0 aliphatic carbocycles. The lowest BCUT2D eigenvalue weighted by molar-refractivity contribution is -0.257. The molecule has 1 aromatic rings. The Kier molecular flexibility index (Phi) is 8.23. The van der Waals surface area contributed by atoms with Crippen molar-refractivity contribution < 1.29 is 55.6 Å². The van der Waals surface area contributed by atoms with Crippen LogP contribution in [0.1, 0.15) is 46.4 Å². The van der Waals surface area contributed by atoms with E-state index in [2.05, 4.69) is 0 Å². The smallest absolute Gasteiger partial charge is 0.291 e. The minimum atomic E-state index is -3.41. The van der Waals surface area contributed by atoms with Crippen LogP contribution in [0.5, 0.6) is 0 Å². The zero-order valence-corrected chi connectivity index (χ0v) is 21.8. The quantitative estimate of drug-likeness (QED) is 0.416. The molecule has 0 radical (unpaired) electrons. The Labute approximate surface area is 227 Å². The number of nitrogens with two attached hydrogens (primary N) is 1. The van der Waals surface area contributed by atoms with E-state index in [0.29, 0.717) is 44.2 Å². The van der Waals surface area contributed by atoms with Crippen molar-refractivity contribution in [1.82, 2.24) is 4.90 Å². The van der Waals surface area contributed by atoms with Crippen molar-refractivity contribution in [1.29, 1.82) is 0 Å². The summed E-state index contributed by atoms with van der Waals surface area (Å²) >= 11 is 0. The molecule has 6 rings (SSSR count). The van der Waals surface area contributed by atoms with Gasteiger partial charge in [-0.2, -0.15) is 0 Å². The maximum absolute atomic E-state index is 14.8. The summed E-state index contributed by atoms with van der Waals surface area (Å²) in [5, 5.41) is 0. The molecule has 0 bridgehead atoms. The maximum atomic E-state index is 14.8. The fourth-order valence-electron chi connectivity index (χ4n) is 5.49. The normalized spacial score (nSPS) is 27.7. The fourth-order valence-corrected chi connectivity index (χ4v) is 5.49. The van der Waals surface area contributed by atoms with Gasteiger partial charge in [0.15, 0.2) is 11.6 Å². The molecule has 1 aromatic carbocycles. The minimum Gasteiger partial charge on any atom is -0.371 e. The highest BCUT2D eigenvalue weighted by molar-refractivity contribution is 6.21. The standard InChI is InChI=1S/C17H17F2NO5.C9H15F2NO3/c18-17(19,13-9-16(5-6-23-13)24-7-8-25-16)10-20-14(21)11-3-1-2-4-12(11)15(20)22;10-9(11,6-12)7-5-8(1-2-13-7)14-3-4-15-8/h1-4,13H,5-10H2;7H,1-6,12H2. The van der Waals surface area contributed by atoms with Crippen LogP contribution < -0.4 is 5.73 Å². The molecular weight excluding hydrogens is 544 g/mol. The van der Waals surface area contributed by atoms with Crippen LogP contribution in [0.15, 0.2) is 24.3 Å². The van der Waals surface area contributed by atoms with Crippen molar-refractivity contribution in [2.24, 2.45) is 5.73 Å². The van der Waals surface area contributed by atoms with E-state index in [1.807, 2.05) is 0 Å². The van der Waals surface area contributed by atoms with E-state index >= 15 is 0 Å². The number of alkyl halides is 4. The molecule has 40 heavy (non-hydrogen) atoms. The molecule has 2 spiro atoms. The second-order valence-corrected chi connectivity index (χ2v) is 10.3. The van der Waals surface area contributed by atoms with Gasteiger partial charge < -0.3 is 34.2 Å². The van der Waals surface area contributed by atoms with Gasteiger partial charge in [-0.1, -0.05) is 12.1 Å². The molecule has 4 fully saturated rings. The topological polar surface area (TPSA) is 119 Å². The molecule has 4 saturated heterocycles. The van der Waals surface area contributed by atoms with E-state index in [1.54, 1.807) is 12.1 Å². The Morgan fingerprint density at radius 1 is 0.750 bits per heavy atom. The number of hydrogen-bond donors (Lipinski definition) is 1. The summed E-state index contributed by atoms with van der Waals surface area (Å²) in [5.41, 5.74) is 5.30. The zero-order valence-electron chi connectivity index (χ0n) is 21.8. The highest BCUT2D eigenvalue weighted by Gasteiger charge is 2.54. The first kappa shape index (κ1) is 29.3. The maximum Gasteiger partial charge on any atom is 0.291 e. The number of fused-ring (bicyclic) bond motifs is 1. The van der Waals surface area contributed by atoms with E-state index < -0.39 is 60.5 Å². The summed E-state index contributed by atoms with van der Waals surface area (Å²) in [7, 11) is 0. The van der Waals surface area contributed by atoms with Gasteiger partial charge in [-0.3, -0.25) is 14.5 Å². The van der Waals surface area contributed by atoms with Crippen molar-refractivity contribution in [2.45, 2.75) is 61.3 Å². The van der Waals surface area contributed by atoms with Crippen LogP contribution in [0.25, 0.3) is 0 Å². The van der Waals surface area contributed by atoms with Crippen LogP contribution in [0.2, 0.25) is 0 Å². The van der Waals surface area contributed by atoms with Crippen molar-refractivity contribution in [3.8, 4) is 0 Å². The van der Waals surface area contributed by atoms with Gasteiger partial charge in [0.05, 0.1) is 63.9 Å². The summed E-state index contributed by atoms with van der Waals surface area (Å²) in [6.45, 7) is 0.186. The summed E-state index contributed by atoms with van der Waals surface area (Å²) in [6, 6.07) is 6.10. The number of carbonyl (C=O) groups is 2. The van der Waals surface area contributed by atoms with E-state index in [0.717, 1.165) is 0 Å². The van der Waals surface area contributed by atoms with Crippen molar-refractivity contribution >= 4 is 11.8 Å². The van der Waals surface area contributed by atoms with Gasteiger partial charge in [0.25, 0.3) is 23.7 Å². The van der Waals surface area contributed by atoms with Crippen molar-refractivity contribution in [3.63, 3.8) is 0 Å². The molecule has 2 atom stereocenters. The third-order valence-electron chi connectivity index (χ3n) is 7.69. The van der Waals surface area contributed by atoms with Crippen LogP contribution in [0.3, 0.4) is 0 Å². The summed E-state index contributed by atoms with van der Waals surface area (Å²) in [5.74, 6) is -9.74. The number of ether oxygens (including phenoxy) is 6. The van der Waals surface area contributed by atoms with Gasteiger partial charge in [-0.15, -0.1) is 0 Å². The van der Waals surface area contributed by atoms with Gasteiger partial charge in [0, 0.05) is 25.7 Å². The predicted octanol–water partition coefficient (Wildman–Crippen LogP) is 2.34. The van der Waals surface area contributed by atoms with Crippen LogP contribution in [0, 0.1) is 0 Å². The van der Waals surface area contributed by atoms with Crippen LogP contribution in [-0.4, -0.2) is 105 Å². The number of carbonyl (C=O) groups excluding carboxylic acids is 2. The lowest BCUT2D eigenvalue weighted by Crippen LogP contribution is -2.53. The molecule has 14 heteroatoms. The van der Waals surface area contributed by atoms with E-state index in [-0.39, 0.29) is 37.2 Å². The number of hydrogen-bond acceptors (Lipinski definition) is 9.